The molecular formula is C20H32O3. The van der Waals surface area contributed by atoms with Crippen molar-refractivity contribution in [2.45, 2.75) is 76.9 Å². The highest BCUT2D eigenvalue weighted by atomic mass is 16.5. The lowest BCUT2D eigenvalue weighted by Crippen LogP contribution is -2.56. The first-order valence-corrected chi connectivity index (χ1v) is 9.63. The molecule has 4 rings (SSSR count). The number of rotatable bonds is 1. The van der Waals surface area contributed by atoms with Gasteiger partial charge in [0.2, 0.25) is 0 Å². The largest absolute Gasteiger partial charge is 0.390 e. The summed E-state index contributed by atoms with van der Waals surface area (Å²) >= 11 is 0. The molecule has 0 heterocycles. The van der Waals surface area contributed by atoms with Crippen molar-refractivity contribution in [3.05, 3.63) is 0 Å². The summed E-state index contributed by atoms with van der Waals surface area (Å²) in [5.74, 6) is 3.22. The van der Waals surface area contributed by atoms with Crippen molar-refractivity contribution in [1.29, 1.82) is 0 Å². The molecule has 1 unspecified atom stereocenters. The fourth-order valence-electron chi connectivity index (χ4n) is 7.07. The Balaban J connectivity index is 1.64. The summed E-state index contributed by atoms with van der Waals surface area (Å²) in [5, 5.41) is 10.5. The van der Waals surface area contributed by atoms with Gasteiger partial charge in [0.25, 0.3) is 0 Å². The number of Topliss-reactive ketones (excluding diaryl/α,β-unsaturated/α-hetero) is 1. The van der Waals surface area contributed by atoms with Gasteiger partial charge in [-0.15, -0.1) is 0 Å². The molecular weight excluding hydrogens is 288 g/mol. The summed E-state index contributed by atoms with van der Waals surface area (Å²) in [6.07, 6.45) is 8.56. The Hall–Kier alpha value is -0.410. The van der Waals surface area contributed by atoms with Crippen molar-refractivity contribution in [2.75, 3.05) is 7.11 Å². The topological polar surface area (TPSA) is 46.5 Å². The molecule has 0 radical (unpaired) electrons. The maximum atomic E-state index is 12.4. The smallest absolute Gasteiger partial charge is 0.138 e. The lowest BCUT2D eigenvalue weighted by atomic mass is 9.46. The van der Waals surface area contributed by atoms with Crippen LogP contribution in [-0.2, 0) is 9.53 Å². The van der Waals surface area contributed by atoms with E-state index in [1.165, 1.54) is 12.8 Å². The zero-order valence-corrected chi connectivity index (χ0v) is 14.9. The highest BCUT2D eigenvalue weighted by molar-refractivity contribution is 5.84. The molecule has 0 aliphatic heterocycles. The molecule has 0 spiro atoms. The van der Waals surface area contributed by atoms with Crippen LogP contribution in [0.25, 0.3) is 0 Å². The number of ether oxygens (including phenoxy) is 1. The van der Waals surface area contributed by atoms with E-state index in [1.54, 1.807) is 7.11 Å². The summed E-state index contributed by atoms with van der Waals surface area (Å²) in [6.45, 7) is 4.50. The monoisotopic (exact) mass is 320 g/mol. The lowest BCUT2D eigenvalue weighted by molar-refractivity contribution is -0.161. The summed E-state index contributed by atoms with van der Waals surface area (Å²) in [7, 11) is 1.79. The third-order valence-corrected chi connectivity index (χ3v) is 8.33. The molecule has 1 N–H and O–H groups in total. The number of aliphatic hydroxyl groups is 1. The molecule has 130 valence electrons. The summed E-state index contributed by atoms with van der Waals surface area (Å²) in [6, 6.07) is 0. The molecule has 23 heavy (non-hydrogen) atoms. The zero-order valence-electron chi connectivity index (χ0n) is 14.9. The Morgan fingerprint density at radius 1 is 1.13 bits per heavy atom. The van der Waals surface area contributed by atoms with Gasteiger partial charge >= 0.3 is 0 Å². The predicted molar refractivity (Wildman–Crippen MR) is 88.9 cm³/mol. The Labute approximate surface area is 140 Å². The molecule has 4 fully saturated rings. The summed E-state index contributed by atoms with van der Waals surface area (Å²) in [4.78, 5) is 12.4. The molecule has 3 nitrogen and oxygen atoms in total. The highest BCUT2D eigenvalue weighted by Crippen LogP contribution is 2.63. The van der Waals surface area contributed by atoms with E-state index in [0.29, 0.717) is 34.9 Å². The van der Waals surface area contributed by atoms with Gasteiger partial charge in [0.1, 0.15) is 5.78 Å². The van der Waals surface area contributed by atoms with Gasteiger partial charge in [-0.1, -0.05) is 6.92 Å². The van der Waals surface area contributed by atoms with Crippen molar-refractivity contribution in [2.24, 2.45) is 35.0 Å². The number of ketones is 1. The van der Waals surface area contributed by atoms with E-state index < -0.39 is 5.60 Å². The van der Waals surface area contributed by atoms with E-state index in [-0.39, 0.29) is 12.0 Å². The van der Waals surface area contributed by atoms with E-state index in [0.717, 1.165) is 38.5 Å². The molecule has 0 aromatic carbocycles. The minimum absolute atomic E-state index is 0.134. The van der Waals surface area contributed by atoms with Gasteiger partial charge in [-0.2, -0.15) is 0 Å². The van der Waals surface area contributed by atoms with Gasteiger partial charge in [-0.25, -0.2) is 0 Å². The summed E-state index contributed by atoms with van der Waals surface area (Å²) in [5.41, 5.74) is -0.142. The third-order valence-electron chi connectivity index (χ3n) is 8.33. The minimum Gasteiger partial charge on any atom is -0.390 e. The third kappa shape index (κ3) is 2.33. The van der Waals surface area contributed by atoms with Crippen LogP contribution in [0.15, 0.2) is 0 Å². The van der Waals surface area contributed by atoms with Crippen LogP contribution in [0.1, 0.15) is 65.2 Å². The van der Waals surface area contributed by atoms with Gasteiger partial charge in [-0.05, 0) is 81.0 Å². The second-order valence-corrected chi connectivity index (χ2v) is 9.46. The molecule has 0 bridgehead atoms. The van der Waals surface area contributed by atoms with Crippen LogP contribution in [0, 0.1) is 35.0 Å². The van der Waals surface area contributed by atoms with Crippen LogP contribution in [0.5, 0.6) is 0 Å². The van der Waals surface area contributed by atoms with Crippen LogP contribution >= 0.6 is 0 Å². The SMILES string of the molecule is CO[C@@H]1C[C@H]2[C@@H](CC[C@H]3C[C@](C)(O)CC[C@@]32C)[C@@H]2CCC(=O)C21. The molecule has 0 aromatic rings. The molecule has 0 aromatic heterocycles. The van der Waals surface area contributed by atoms with Crippen LogP contribution in [0.4, 0.5) is 0 Å². The highest BCUT2D eigenvalue weighted by Gasteiger charge is 2.59. The normalized spacial score (nSPS) is 55.9. The first kappa shape index (κ1) is 16.1. The van der Waals surface area contributed by atoms with Crippen molar-refractivity contribution in [3.8, 4) is 0 Å². The fourth-order valence-corrected chi connectivity index (χ4v) is 7.07. The number of hydrogen-bond acceptors (Lipinski definition) is 3. The van der Waals surface area contributed by atoms with Crippen LogP contribution in [-0.4, -0.2) is 29.7 Å². The molecule has 3 heteroatoms. The molecule has 8 atom stereocenters. The molecule has 0 amide bonds. The van der Waals surface area contributed by atoms with Crippen molar-refractivity contribution >= 4 is 5.78 Å². The van der Waals surface area contributed by atoms with Crippen molar-refractivity contribution in [1.82, 2.24) is 0 Å². The number of carbonyl (C=O) groups is 1. The predicted octanol–water partition coefficient (Wildman–Crippen LogP) is 3.58. The minimum atomic E-state index is -0.474. The van der Waals surface area contributed by atoms with Crippen molar-refractivity contribution in [3.63, 3.8) is 0 Å². The van der Waals surface area contributed by atoms with Crippen LogP contribution in [0.3, 0.4) is 0 Å². The standard InChI is InChI=1S/C20H32O3/c1-19(22)8-9-20(2)12(11-19)4-5-13-14-6-7-16(21)18(14)17(23-3)10-15(13)20/h12-15,17-18,22H,4-11H2,1-3H3/t12-,13-,14-,15-,17+,18?,19+,20-/m0/s1. The van der Waals surface area contributed by atoms with Crippen molar-refractivity contribution < 1.29 is 14.6 Å². The van der Waals surface area contributed by atoms with Gasteiger partial charge < -0.3 is 9.84 Å². The Morgan fingerprint density at radius 2 is 1.91 bits per heavy atom. The number of methoxy groups -OCH3 is 1. The zero-order chi connectivity index (χ0) is 16.4. The maximum Gasteiger partial charge on any atom is 0.138 e. The average molecular weight is 320 g/mol. The van der Waals surface area contributed by atoms with Gasteiger partial charge in [0.15, 0.2) is 0 Å². The average Bonchev–Trinajstić information content (AvgIpc) is 2.90. The lowest BCUT2D eigenvalue weighted by Gasteiger charge is -2.60. The van der Waals surface area contributed by atoms with Gasteiger partial charge in [0, 0.05) is 19.4 Å². The fraction of sp³-hybridized carbons (Fsp3) is 0.950. The van der Waals surface area contributed by atoms with E-state index in [1.807, 2.05) is 6.92 Å². The second-order valence-electron chi connectivity index (χ2n) is 9.46. The van der Waals surface area contributed by atoms with Gasteiger partial charge in [-0.3, -0.25) is 4.79 Å². The Bertz CT molecular complexity index is 499. The first-order chi connectivity index (χ1) is 10.9. The van der Waals surface area contributed by atoms with E-state index in [2.05, 4.69) is 6.92 Å². The molecule has 4 saturated carbocycles. The Morgan fingerprint density at radius 3 is 2.65 bits per heavy atom. The quantitative estimate of drug-likeness (QED) is 0.803. The second kappa shape index (κ2) is 5.29. The summed E-state index contributed by atoms with van der Waals surface area (Å²) < 4.78 is 5.82. The van der Waals surface area contributed by atoms with E-state index >= 15 is 0 Å². The molecule has 0 saturated heterocycles. The van der Waals surface area contributed by atoms with E-state index in [4.69, 9.17) is 4.74 Å². The van der Waals surface area contributed by atoms with Crippen LogP contribution < -0.4 is 0 Å². The Kier molecular flexibility index (Phi) is 3.70. The first-order valence-electron chi connectivity index (χ1n) is 9.63. The molecule has 4 aliphatic rings. The van der Waals surface area contributed by atoms with Crippen LogP contribution in [0.2, 0.25) is 0 Å². The van der Waals surface area contributed by atoms with Gasteiger partial charge in [0.05, 0.1) is 11.7 Å². The number of carbonyl (C=O) groups excluding carboxylic acids is 1. The number of fused-ring (bicyclic) bond motifs is 5. The maximum absolute atomic E-state index is 12.4. The molecule has 4 aliphatic carbocycles. The number of hydrogen-bond donors (Lipinski definition) is 1. The van der Waals surface area contributed by atoms with E-state index in [9.17, 15) is 9.90 Å².